The van der Waals surface area contributed by atoms with Crippen LogP contribution in [0.4, 0.5) is 0 Å². The summed E-state index contributed by atoms with van der Waals surface area (Å²) in [6, 6.07) is 12.5. The van der Waals surface area contributed by atoms with Crippen LogP contribution in [0.2, 0.25) is 0 Å². The number of hydrogen-bond donors (Lipinski definition) is 2. The van der Waals surface area contributed by atoms with E-state index in [0.717, 1.165) is 21.3 Å². The fraction of sp³-hybridized carbons (Fsp3) is 0.304. The van der Waals surface area contributed by atoms with E-state index in [0.29, 0.717) is 17.5 Å². The van der Waals surface area contributed by atoms with Gasteiger partial charge in [0.2, 0.25) is 5.91 Å². The molecular formula is C23H23BrN4O3. The second-order valence-electron chi connectivity index (χ2n) is 7.98. The summed E-state index contributed by atoms with van der Waals surface area (Å²) in [5.74, 6) is 0.0902. The first kappa shape index (κ1) is 21.2. The number of para-hydroxylation sites is 2. The first-order valence-corrected chi connectivity index (χ1v) is 11.0. The number of hydrogen-bond acceptors (Lipinski definition) is 4. The molecule has 7 nitrogen and oxygen atoms in total. The second kappa shape index (κ2) is 8.63. The number of rotatable bonds is 7. The maximum atomic E-state index is 12.6. The number of benzene rings is 2. The van der Waals surface area contributed by atoms with E-state index in [1.165, 1.54) is 4.90 Å². The Bertz CT molecular complexity index is 1140. The Labute approximate surface area is 188 Å². The van der Waals surface area contributed by atoms with Crippen molar-refractivity contribution in [3.05, 3.63) is 63.9 Å². The lowest BCUT2D eigenvalue weighted by Crippen LogP contribution is -2.34. The smallest absolute Gasteiger partial charge is 0.261 e. The number of aromatic amines is 1. The van der Waals surface area contributed by atoms with Crippen LogP contribution in [-0.2, 0) is 4.79 Å². The number of imide groups is 1. The second-order valence-corrected chi connectivity index (χ2v) is 8.90. The standard InChI is InChI=1S/C23H23BrN4O3/c1-13(2)20(21-25-17-6-3-4-7-18(17)26-21)27-19(29)8-5-11-28-22(30)15-10-9-14(24)12-16(15)23(28)31/h3-4,6-7,9-10,12-13,20H,5,8,11H2,1-2H3,(H,25,26)(H,27,29). The molecule has 2 N–H and O–H groups in total. The molecule has 0 radical (unpaired) electrons. The average molecular weight is 483 g/mol. The fourth-order valence-electron chi connectivity index (χ4n) is 3.78. The van der Waals surface area contributed by atoms with Crippen molar-refractivity contribution in [1.29, 1.82) is 0 Å². The molecule has 4 rings (SSSR count). The van der Waals surface area contributed by atoms with Gasteiger partial charge < -0.3 is 10.3 Å². The topological polar surface area (TPSA) is 95.2 Å². The SMILES string of the molecule is CC(C)C(NC(=O)CCCN1C(=O)c2ccc(Br)cc2C1=O)c1nc2ccccc2[nH]1. The van der Waals surface area contributed by atoms with Crippen LogP contribution in [0, 0.1) is 5.92 Å². The number of imidazole rings is 1. The third-order valence-corrected chi connectivity index (χ3v) is 5.90. The summed E-state index contributed by atoms with van der Waals surface area (Å²) in [5.41, 5.74) is 2.58. The minimum atomic E-state index is -0.316. The molecule has 160 valence electrons. The highest BCUT2D eigenvalue weighted by Gasteiger charge is 2.35. The zero-order valence-corrected chi connectivity index (χ0v) is 18.9. The van der Waals surface area contributed by atoms with Gasteiger partial charge in [0, 0.05) is 17.4 Å². The molecule has 8 heteroatoms. The van der Waals surface area contributed by atoms with E-state index in [4.69, 9.17) is 0 Å². The van der Waals surface area contributed by atoms with Crippen molar-refractivity contribution in [3.8, 4) is 0 Å². The average Bonchev–Trinajstić information content (AvgIpc) is 3.26. The molecule has 1 aliphatic rings. The molecule has 0 saturated heterocycles. The summed E-state index contributed by atoms with van der Waals surface area (Å²) in [5, 5.41) is 3.04. The summed E-state index contributed by atoms with van der Waals surface area (Å²) in [6.45, 7) is 4.25. The number of carbonyl (C=O) groups excluding carboxylic acids is 3. The number of carbonyl (C=O) groups is 3. The summed E-state index contributed by atoms with van der Waals surface area (Å²) in [7, 11) is 0. The zero-order chi connectivity index (χ0) is 22.1. The van der Waals surface area contributed by atoms with Crippen molar-refractivity contribution in [1.82, 2.24) is 20.2 Å². The maximum absolute atomic E-state index is 12.6. The van der Waals surface area contributed by atoms with E-state index < -0.39 is 0 Å². The quantitative estimate of drug-likeness (QED) is 0.492. The van der Waals surface area contributed by atoms with Crippen LogP contribution in [0.3, 0.4) is 0 Å². The molecular weight excluding hydrogens is 460 g/mol. The van der Waals surface area contributed by atoms with Gasteiger partial charge in [0.15, 0.2) is 0 Å². The summed E-state index contributed by atoms with van der Waals surface area (Å²) >= 11 is 3.33. The molecule has 31 heavy (non-hydrogen) atoms. The number of fused-ring (bicyclic) bond motifs is 2. The molecule has 0 aliphatic carbocycles. The third-order valence-electron chi connectivity index (χ3n) is 5.40. The number of nitrogens with one attached hydrogen (secondary N) is 2. The number of amides is 3. The van der Waals surface area contributed by atoms with Crippen LogP contribution < -0.4 is 5.32 Å². The molecule has 2 aromatic carbocycles. The van der Waals surface area contributed by atoms with Crippen LogP contribution in [0.5, 0.6) is 0 Å². The number of aromatic nitrogens is 2. The minimum absolute atomic E-state index is 0.138. The number of halogens is 1. The molecule has 0 fully saturated rings. The Hall–Kier alpha value is -3.00. The molecule has 2 heterocycles. The van der Waals surface area contributed by atoms with Gasteiger partial charge in [-0.1, -0.05) is 41.9 Å². The molecule has 0 saturated carbocycles. The molecule has 3 amide bonds. The Morgan fingerprint density at radius 3 is 2.61 bits per heavy atom. The zero-order valence-electron chi connectivity index (χ0n) is 17.3. The van der Waals surface area contributed by atoms with E-state index in [2.05, 4.69) is 31.2 Å². The van der Waals surface area contributed by atoms with Gasteiger partial charge in [0.05, 0.1) is 28.2 Å². The number of nitrogens with zero attached hydrogens (tertiary/aromatic N) is 2. The lowest BCUT2D eigenvalue weighted by Gasteiger charge is -2.20. The van der Waals surface area contributed by atoms with E-state index >= 15 is 0 Å². The molecule has 1 aliphatic heterocycles. The Morgan fingerprint density at radius 2 is 1.87 bits per heavy atom. The van der Waals surface area contributed by atoms with Gasteiger partial charge in [0.1, 0.15) is 5.82 Å². The Balaban J connectivity index is 1.36. The van der Waals surface area contributed by atoms with Gasteiger partial charge in [-0.15, -0.1) is 0 Å². The van der Waals surface area contributed by atoms with Crippen molar-refractivity contribution < 1.29 is 14.4 Å². The third kappa shape index (κ3) is 4.25. The highest BCUT2D eigenvalue weighted by Crippen LogP contribution is 2.26. The van der Waals surface area contributed by atoms with Crippen LogP contribution in [0.25, 0.3) is 11.0 Å². The van der Waals surface area contributed by atoms with Crippen molar-refractivity contribution in [3.63, 3.8) is 0 Å². The lowest BCUT2D eigenvalue weighted by atomic mass is 10.0. The first-order chi connectivity index (χ1) is 14.8. The highest BCUT2D eigenvalue weighted by atomic mass is 79.9. The highest BCUT2D eigenvalue weighted by molar-refractivity contribution is 9.10. The first-order valence-electron chi connectivity index (χ1n) is 10.2. The van der Waals surface area contributed by atoms with Crippen molar-refractivity contribution in [2.24, 2.45) is 5.92 Å². The van der Waals surface area contributed by atoms with Gasteiger partial charge in [-0.3, -0.25) is 19.3 Å². The molecule has 1 unspecified atom stereocenters. The summed E-state index contributed by atoms with van der Waals surface area (Å²) < 4.78 is 0.749. The van der Waals surface area contributed by atoms with Gasteiger partial charge >= 0.3 is 0 Å². The largest absolute Gasteiger partial charge is 0.346 e. The van der Waals surface area contributed by atoms with Gasteiger partial charge in [-0.2, -0.15) is 0 Å². The predicted molar refractivity (Wildman–Crippen MR) is 121 cm³/mol. The minimum Gasteiger partial charge on any atom is -0.346 e. The fourth-order valence-corrected chi connectivity index (χ4v) is 4.14. The number of H-pyrrole nitrogens is 1. The molecule has 0 bridgehead atoms. The Morgan fingerprint density at radius 1 is 1.13 bits per heavy atom. The van der Waals surface area contributed by atoms with Crippen LogP contribution in [0.1, 0.15) is 59.3 Å². The monoisotopic (exact) mass is 482 g/mol. The van der Waals surface area contributed by atoms with E-state index in [1.54, 1.807) is 18.2 Å². The predicted octanol–water partition coefficient (Wildman–Crippen LogP) is 4.22. The van der Waals surface area contributed by atoms with Gasteiger partial charge in [-0.05, 0) is 42.7 Å². The Kier molecular flexibility index (Phi) is 5.91. The summed E-state index contributed by atoms with van der Waals surface area (Å²) in [6.07, 6.45) is 0.601. The van der Waals surface area contributed by atoms with Gasteiger partial charge in [-0.25, -0.2) is 4.98 Å². The van der Waals surface area contributed by atoms with Crippen LogP contribution in [0.15, 0.2) is 46.9 Å². The molecule has 3 aromatic rings. The lowest BCUT2D eigenvalue weighted by molar-refractivity contribution is -0.122. The van der Waals surface area contributed by atoms with Crippen molar-refractivity contribution in [2.45, 2.75) is 32.7 Å². The normalized spacial score (nSPS) is 14.4. The van der Waals surface area contributed by atoms with Crippen LogP contribution >= 0.6 is 15.9 Å². The van der Waals surface area contributed by atoms with Gasteiger partial charge in [0.25, 0.3) is 11.8 Å². The van der Waals surface area contributed by atoms with E-state index in [1.807, 2.05) is 38.1 Å². The van der Waals surface area contributed by atoms with Crippen LogP contribution in [-0.4, -0.2) is 39.1 Å². The molecule has 0 spiro atoms. The summed E-state index contributed by atoms with van der Waals surface area (Å²) in [4.78, 5) is 46.8. The molecule has 1 aromatic heterocycles. The van der Waals surface area contributed by atoms with Crippen molar-refractivity contribution in [2.75, 3.05) is 6.54 Å². The maximum Gasteiger partial charge on any atom is 0.261 e. The van der Waals surface area contributed by atoms with Crippen molar-refractivity contribution >= 4 is 44.7 Å². The van der Waals surface area contributed by atoms with E-state index in [-0.39, 0.29) is 42.6 Å². The van der Waals surface area contributed by atoms with E-state index in [9.17, 15) is 14.4 Å². The molecule has 1 atom stereocenters.